The lowest BCUT2D eigenvalue weighted by Crippen LogP contribution is -2.60. The van der Waals surface area contributed by atoms with E-state index in [2.05, 4.69) is 32.5 Å². The number of dihydropyridines is 1. The van der Waals surface area contributed by atoms with Gasteiger partial charge in [0.15, 0.2) is 5.72 Å². The Balaban J connectivity index is 1.44. The fourth-order valence-corrected chi connectivity index (χ4v) is 7.27. The zero-order valence-electron chi connectivity index (χ0n) is 26.0. The summed E-state index contributed by atoms with van der Waals surface area (Å²) in [6, 6.07) is 3.66. The quantitative estimate of drug-likeness (QED) is 0.434. The van der Waals surface area contributed by atoms with Crippen molar-refractivity contribution < 1.29 is 27.5 Å². The van der Waals surface area contributed by atoms with Gasteiger partial charge in [0.1, 0.15) is 11.1 Å². The number of alkyl halides is 3. The monoisotopic (exact) mass is 618 g/mol. The summed E-state index contributed by atoms with van der Waals surface area (Å²) in [5, 5.41) is 6.52. The van der Waals surface area contributed by atoms with Crippen molar-refractivity contribution in [2.45, 2.75) is 82.8 Å². The Kier molecular flexibility index (Phi) is 9.60. The molecule has 2 N–H and O–H groups in total. The minimum atomic E-state index is -4.58. The molecular weight excluding hydrogens is 573 g/mol. The molecule has 3 aliphatic heterocycles. The molecule has 9 nitrogen and oxygen atoms in total. The van der Waals surface area contributed by atoms with Crippen LogP contribution < -0.4 is 10.6 Å². The Bertz CT molecular complexity index is 1250. The van der Waals surface area contributed by atoms with Crippen LogP contribution in [0, 0.1) is 5.41 Å². The molecule has 3 atom stereocenters. The number of ether oxygens (including phenoxy) is 1. The van der Waals surface area contributed by atoms with Crippen molar-refractivity contribution in [3.63, 3.8) is 0 Å². The molecule has 0 spiro atoms. The van der Waals surface area contributed by atoms with Crippen molar-refractivity contribution in [3.05, 3.63) is 53.6 Å². The SMILES string of the molecule is CCOC1(c2cccnc2)C=CC(N2CCN(C(=O)C3(C(F)(F)F)CCCC3)C[C@H]2CC)=C(C(=O)NC[C@@H]2CCCN2C)N1. The minimum absolute atomic E-state index is 0.144. The fraction of sp³-hybridized carbons (Fsp3) is 0.656. The molecule has 44 heavy (non-hydrogen) atoms. The molecule has 1 aromatic heterocycles. The van der Waals surface area contributed by atoms with Gasteiger partial charge in [0.25, 0.3) is 5.91 Å². The largest absolute Gasteiger partial charge is 0.403 e. The molecule has 0 bridgehead atoms. The van der Waals surface area contributed by atoms with Gasteiger partial charge in [-0.1, -0.05) is 25.8 Å². The van der Waals surface area contributed by atoms with Gasteiger partial charge in [-0.3, -0.25) is 14.6 Å². The van der Waals surface area contributed by atoms with Crippen LogP contribution in [0.3, 0.4) is 0 Å². The molecule has 0 aromatic carbocycles. The Morgan fingerprint density at radius 1 is 1.14 bits per heavy atom. The topological polar surface area (TPSA) is 90.0 Å². The maximum absolute atomic E-state index is 14.2. The van der Waals surface area contributed by atoms with Gasteiger partial charge in [0.05, 0.1) is 5.70 Å². The van der Waals surface area contributed by atoms with Crippen molar-refractivity contribution in [1.82, 2.24) is 30.3 Å². The zero-order chi connectivity index (χ0) is 31.5. The first kappa shape index (κ1) is 32.3. The normalized spacial score (nSPS) is 27.5. The van der Waals surface area contributed by atoms with E-state index in [-0.39, 0.29) is 43.9 Å². The van der Waals surface area contributed by atoms with Crippen LogP contribution in [0.15, 0.2) is 48.1 Å². The predicted molar refractivity (Wildman–Crippen MR) is 160 cm³/mol. The molecule has 1 unspecified atom stereocenters. The summed E-state index contributed by atoms with van der Waals surface area (Å²) >= 11 is 0. The van der Waals surface area contributed by atoms with E-state index in [0.29, 0.717) is 50.4 Å². The Morgan fingerprint density at radius 3 is 2.52 bits per heavy atom. The zero-order valence-corrected chi connectivity index (χ0v) is 26.0. The molecule has 12 heteroatoms. The highest BCUT2D eigenvalue weighted by atomic mass is 19.4. The van der Waals surface area contributed by atoms with Crippen LogP contribution in [-0.4, -0.2) is 96.1 Å². The van der Waals surface area contributed by atoms with Gasteiger partial charge >= 0.3 is 6.18 Å². The fourth-order valence-electron chi connectivity index (χ4n) is 7.27. The smallest absolute Gasteiger partial charge is 0.363 e. The number of aromatic nitrogens is 1. The Labute approximate surface area is 257 Å². The number of hydrogen-bond acceptors (Lipinski definition) is 7. The van der Waals surface area contributed by atoms with Crippen LogP contribution in [0.4, 0.5) is 13.2 Å². The number of halogens is 3. The second-order valence-electron chi connectivity index (χ2n) is 12.4. The van der Waals surface area contributed by atoms with Crippen molar-refractivity contribution in [3.8, 4) is 0 Å². The highest BCUT2D eigenvalue weighted by Crippen LogP contribution is 2.52. The summed E-state index contributed by atoms with van der Waals surface area (Å²) in [6.07, 6.45) is 5.68. The van der Waals surface area contributed by atoms with Gasteiger partial charge in [-0.05, 0) is 70.8 Å². The van der Waals surface area contributed by atoms with Crippen LogP contribution in [0.25, 0.3) is 0 Å². The number of likely N-dealkylation sites (N-methyl/N-ethyl adjacent to an activating group) is 1. The van der Waals surface area contributed by atoms with E-state index in [1.807, 2.05) is 38.1 Å². The molecule has 2 saturated heterocycles. The van der Waals surface area contributed by atoms with Gasteiger partial charge in [0, 0.05) is 62.8 Å². The number of allylic oxidation sites excluding steroid dienone is 1. The van der Waals surface area contributed by atoms with Crippen molar-refractivity contribution in [2.75, 3.05) is 46.4 Å². The number of rotatable bonds is 9. The lowest BCUT2D eigenvalue weighted by Gasteiger charge is -2.47. The maximum atomic E-state index is 14.2. The van der Waals surface area contributed by atoms with E-state index in [0.717, 1.165) is 24.9 Å². The first-order valence-electron chi connectivity index (χ1n) is 15.9. The average molecular weight is 619 g/mol. The van der Waals surface area contributed by atoms with Crippen LogP contribution in [0.5, 0.6) is 0 Å². The number of pyridine rings is 1. The maximum Gasteiger partial charge on any atom is 0.403 e. The van der Waals surface area contributed by atoms with Gasteiger partial charge in [-0.2, -0.15) is 13.2 Å². The van der Waals surface area contributed by atoms with E-state index in [1.54, 1.807) is 12.4 Å². The number of nitrogens with zero attached hydrogens (tertiary/aromatic N) is 4. The molecule has 5 rings (SSSR count). The number of piperazine rings is 1. The second-order valence-corrected chi connectivity index (χ2v) is 12.4. The molecule has 242 valence electrons. The molecule has 4 aliphatic rings. The first-order valence-corrected chi connectivity index (χ1v) is 15.9. The van der Waals surface area contributed by atoms with E-state index in [1.165, 1.54) is 4.90 Å². The van der Waals surface area contributed by atoms with Crippen LogP contribution >= 0.6 is 0 Å². The summed E-state index contributed by atoms with van der Waals surface area (Å²) in [4.78, 5) is 37.4. The third-order valence-corrected chi connectivity index (χ3v) is 9.86. The van der Waals surface area contributed by atoms with Crippen LogP contribution in [0.1, 0.15) is 64.4 Å². The van der Waals surface area contributed by atoms with E-state index in [4.69, 9.17) is 4.74 Å². The van der Waals surface area contributed by atoms with E-state index >= 15 is 0 Å². The lowest BCUT2D eigenvalue weighted by molar-refractivity contribution is -0.226. The summed E-state index contributed by atoms with van der Waals surface area (Å²) < 4.78 is 49.0. The predicted octanol–water partition coefficient (Wildman–Crippen LogP) is 3.90. The highest BCUT2D eigenvalue weighted by molar-refractivity contribution is 5.94. The van der Waals surface area contributed by atoms with Crippen molar-refractivity contribution in [2.24, 2.45) is 5.41 Å². The summed E-state index contributed by atoms with van der Waals surface area (Å²) in [7, 11) is 2.06. The standard InChI is InChI=1S/C32H45F3N6O3/c1-4-24-22-40(29(43)30(32(33,34)35)13-6-7-14-30)18-19-41(24)26-12-15-31(44-5-2,23-10-8-16-36-20-23)38-27(26)28(42)37-21-25-11-9-17-39(25)3/h8,10,12,15-16,20,24-25,38H,4-7,9,11,13-14,17-19,21-22H2,1-3H3,(H,37,42)/t24-,25+,31?/m1/s1. The summed E-state index contributed by atoms with van der Waals surface area (Å²) in [6.45, 7) is 6.28. The third kappa shape index (κ3) is 6.07. The van der Waals surface area contributed by atoms with Gasteiger partial charge in [-0.25, -0.2) is 0 Å². The van der Waals surface area contributed by atoms with Crippen molar-refractivity contribution in [1.29, 1.82) is 0 Å². The molecule has 3 fully saturated rings. The summed E-state index contributed by atoms with van der Waals surface area (Å²) in [5.74, 6) is -1.09. The molecule has 1 saturated carbocycles. The molecule has 4 heterocycles. The Hall–Kier alpha value is -3.12. The van der Waals surface area contributed by atoms with Crippen LogP contribution in [-0.2, 0) is 20.1 Å². The highest BCUT2D eigenvalue weighted by Gasteiger charge is 2.62. The van der Waals surface area contributed by atoms with E-state index < -0.39 is 23.2 Å². The van der Waals surface area contributed by atoms with Gasteiger partial charge in [0.2, 0.25) is 5.91 Å². The number of likely N-dealkylation sites (tertiary alicyclic amines) is 1. The number of amides is 2. The third-order valence-electron chi connectivity index (χ3n) is 9.86. The minimum Gasteiger partial charge on any atom is -0.363 e. The molecule has 1 aromatic rings. The molecule has 2 amide bonds. The summed E-state index contributed by atoms with van der Waals surface area (Å²) in [5.41, 5.74) is -1.74. The number of nitrogens with one attached hydrogen (secondary N) is 2. The molecule has 0 radical (unpaired) electrons. The molecule has 1 aliphatic carbocycles. The second kappa shape index (κ2) is 13.1. The van der Waals surface area contributed by atoms with Crippen LogP contribution in [0.2, 0.25) is 0 Å². The number of carbonyl (C=O) groups is 2. The Morgan fingerprint density at radius 2 is 1.91 bits per heavy atom. The number of carbonyl (C=O) groups excluding carboxylic acids is 2. The van der Waals surface area contributed by atoms with E-state index in [9.17, 15) is 22.8 Å². The first-order chi connectivity index (χ1) is 21.0. The number of hydrogen-bond donors (Lipinski definition) is 2. The van der Waals surface area contributed by atoms with Gasteiger partial charge < -0.3 is 30.1 Å². The van der Waals surface area contributed by atoms with Gasteiger partial charge in [-0.15, -0.1) is 0 Å². The average Bonchev–Trinajstić information content (AvgIpc) is 3.70. The molecular formula is C32H45F3N6O3. The van der Waals surface area contributed by atoms with Crippen molar-refractivity contribution >= 4 is 11.8 Å². The lowest BCUT2D eigenvalue weighted by atomic mass is 9.83.